The summed E-state index contributed by atoms with van der Waals surface area (Å²) in [6.07, 6.45) is 3.65. The average Bonchev–Trinajstić information content (AvgIpc) is 3.01. The molecule has 100 valence electrons. The Morgan fingerprint density at radius 1 is 1.05 bits per heavy atom. The molecule has 0 radical (unpaired) electrons. The lowest BCUT2D eigenvalue weighted by Gasteiger charge is -2.11. The van der Waals surface area contributed by atoms with Gasteiger partial charge in [0.2, 0.25) is 5.71 Å². The van der Waals surface area contributed by atoms with Crippen LogP contribution >= 0.6 is 11.3 Å². The van der Waals surface area contributed by atoms with Gasteiger partial charge >= 0.3 is 0 Å². The molecule has 3 rings (SSSR count). The van der Waals surface area contributed by atoms with Gasteiger partial charge in [-0.25, -0.2) is 4.58 Å². The van der Waals surface area contributed by atoms with Crippen molar-refractivity contribution in [2.75, 3.05) is 6.54 Å². The molecule has 20 heavy (non-hydrogen) atoms. The molecule has 0 spiro atoms. The monoisotopic (exact) mass is 280 g/mol. The number of thiophene rings is 1. The first-order valence-electron chi connectivity index (χ1n) is 7.11. The van der Waals surface area contributed by atoms with Crippen LogP contribution in [0.5, 0.6) is 0 Å². The van der Waals surface area contributed by atoms with Crippen LogP contribution in [-0.2, 0) is 6.54 Å². The van der Waals surface area contributed by atoms with Crippen LogP contribution in [0.4, 0.5) is 0 Å². The summed E-state index contributed by atoms with van der Waals surface area (Å²) in [7, 11) is 0. The van der Waals surface area contributed by atoms with Crippen LogP contribution < -0.4 is 0 Å². The molecule has 2 aromatic rings. The Morgan fingerprint density at radius 2 is 1.95 bits per heavy atom. The van der Waals surface area contributed by atoms with Crippen LogP contribution in [0.3, 0.4) is 0 Å². The fourth-order valence-electron chi connectivity index (χ4n) is 2.49. The van der Waals surface area contributed by atoms with Gasteiger partial charge < -0.3 is 0 Å². The predicted octanol–water partition coefficient (Wildman–Crippen LogP) is 3.94. The second-order valence-electron chi connectivity index (χ2n) is 5.07. The minimum Gasteiger partial charge on any atom is -0.222 e. The van der Waals surface area contributed by atoms with E-state index < -0.39 is 0 Å². The predicted molar refractivity (Wildman–Crippen MR) is 85.3 cm³/mol. The minimum atomic E-state index is 0.981. The van der Waals surface area contributed by atoms with Gasteiger partial charge in [0.1, 0.15) is 6.54 Å². The average molecular weight is 280 g/mol. The Kier molecular flexibility index (Phi) is 4.30. The zero-order valence-electron chi connectivity index (χ0n) is 11.5. The summed E-state index contributed by atoms with van der Waals surface area (Å²) < 4.78 is 2.44. The summed E-state index contributed by atoms with van der Waals surface area (Å²) in [5.41, 5.74) is 3.79. The Labute approximate surface area is 124 Å². The molecule has 0 N–H and O–H groups in total. The van der Waals surface area contributed by atoms with Gasteiger partial charge in [-0.15, -0.1) is 0 Å². The summed E-state index contributed by atoms with van der Waals surface area (Å²) >= 11 is 1.70. The second-order valence-corrected chi connectivity index (χ2v) is 5.85. The molecular weight excluding hydrogens is 262 g/mol. The van der Waals surface area contributed by atoms with Crippen molar-refractivity contribution < 1.29 is 4.58 Å². The molecule has 0 bridgehead atoms. The van der Waals surface area contributed by atoms with Crippen LogP contribution in [0.25, 0.3) is 0 Å². The van der Waals surface area contributed by atoms with E-state index in [1.807, 2.05) is 0 Å². The third-order valence-electron chi connectivity index (χ3n) is 3.56. The maximum absolute atomic E-state index is 3.39. The highest BCUT2D eigenvalue weighted by Crippen LogP contribution is 2.10. The Bertz CT molecular complexity index is 642. The van der Waals surface area contributed by atoms with E-state index in [0.29, 0.717) is 0 Å². The van der Waals surface area contributed by atoms with Crippen molar-refractivity contribution in [1.29, 1.82) is 0 Å². The Morgan fingerprint density at radius 3 is 2.75 bits per heavy atom. The highest BCUT2D eigenvalue weighted by atomic mass is 32.1. The summed E-state index contributed by atoms with van der Waals surface area (Å²) in [5.74, 6) is 6.69. The van der Waals surface area contributed by atoms with Crippen molar-refractivity contribution in [3.05, 3.63) is 58.3 Å². The van der Waals surface area contributed by atoms with Gasteiger partial charge in [-0.2, -0.15) is 11.3 Å². The smallest absolute Gasteiger partial charge is 0.222 e. The largest absolute Gasteiger partial charge is 0.227 e. The number of hydrogen-bond donors (Lipinski definition) is 0. The third kappa shape index (κ3) is 3.37. The van der Waals surface area contributed by atoms with Crippen molar-refractivity contribution in [1.82, 2.24) is 0 Å². The first kappa shape index (κ1) is 13.1. The molecule has 0 fully saturated rings. The third-order valence-corrected chi connectivity index (χ3v) is 4.25. The van der Waals surface area contributed by atoms with E-state index >= 15 is 0 Å². The second kappa shape index (κ2) is 6.54. The Balaban J connectivity index is 1.84. The standard InChI is InChI=1S/C18H18NS/c1-2-6-16(7-3-1)14-19-12-5-4-8-18(19)10-9-17-11-13-20-15-17/h1-3,6-7,11,13,15H,4-5,8,12,14H2/q+1. The number of nitrogens with zero attached hydrogens (tertiary/aromatic N) is 1. The summed E-state index contributed by atoms with van der Waals surface area (Å²) in [5, 5.41) is 4.19. The number of benzene rings is 1. The van der Waals surface area contributed by atoms with Crippen LogP contribution in [0.2, 0.25) is 0 Å². The molecule has 1 aliphatic rings. The van der Waals surface area contributed by atoms with Crippen LogP contribution in [0, 0.1) is 11.8 Å². The minimum absolute atomic E-state index is 0.981. The molecule has 0 saturated carbocycles. The zero-order chi connectivity index (χ0) is 13.6. The first-order chi connectivity index (χ1) is 9.92. The quantitative estimate of drug-likeness (QED) is 0.579. The summed E-state index contributed by atoms with van der Waals surface area (Å²) in [6.45, 7) is 2.11. The van der Waals surface area contributed by atoms with E-state index in [4.69, 9.17) is 0 Å². The van der Waals surface area contributed by atoms with Crippen molar-refractivity contribution in [3.63, 3.8) is 0 Å². The molecule has 0 saturated heterocycles. The maximum atomic E-state index is 3.39. The van der Waals surface area contributed by atoms with Gasteiger partial charge in [0.15, 0.2) is 6.54 Å². The van der Waals surface area contributed by atoms with E-state index in [1.165, 1.54) is 24.1 Å². The highest BCUT2D eigenvalue weighted by molar-refractivity contribution is 7.08. The van der Waals surface area contributed by atoms with Gasteiger partial charge in [-0.1, -0.05) is 36.3 Å². The fourth-order valence-corrected chi connectivity index (χ4v) is 3.08. The topological polar surface area (TPSA) is 3.01 Å². The molecule has 0 aliphatic carbocycles. The number of hydrogen-bond acceptors (Lipinski definition) is 1. The van der Waals surface area contributed by atoms with Gasteiger partial charge in [-0.3, -0.25) is 0 Å². The van der Waals surface area contributed by atoms with Crippen molar-refractivity contribution in [2.45, 2.75) is 25.8 Å². The Hall–Kier alpha value is -1.85. The van der Waals surface area contributed by atoms with Crippen LogP contribution in [0.15, 0.2) is 47.2 Å². The molecule has 0 atom stereocenters. The molecule has 0 amide bonds. The van der Waals surface area contributed by atoms with Gasteiger partial charge in [0.05, 0.1) is 0 Å². The molecule has 1 aromatic heterocycles. The molecule has 2 heteroatoms. The van der Waals surface area contributed by atoms with E-state index in [2.05, 4.69) is 63.6 Å². The van der Waals surface area contributed by atoms with Crippen molar-refractivity contribution >= 4 is 17.0 Å². The highest BCUT2D eigenvalue weighted by Gasteiger charge is 2.18. The molecule has 0 unspecified atom stereocenters. The van der Waals surface area contributed by atoms with Crippen molar-refractivity contribution in [2.24, 2.45) is 0 Å². The lowest BCUT2D eigenvalue weighted by Crippen LogP contribution is -2.25. The van der Waals surface area contributed by atoms with E-state index in [-0.39, 0.29) is 0 Å². The van der Waals surface area contributed by atoms with E-state index in [1.54, 1.807) is 11.3 Å². The first-order valence-corrected chi connectivity index (χ1v) is 8.05. The van der Waals surface area contributed by atoms with Gasteiger partial charge in [-0.05, 0) is 17.9 Å². The van der Waals surface area contributed by atoms with Crippen LogP contribution in [0.1, 0.15) is 30.4 Å². The van der Waals surface area contributed by atoms with Gasteiger partial charge in [0, 0.05) is 35.3 Å². The van der Waals surface area contributed by atoms with Gasteiger partial charge in [0.25, 0.3) is 0 Å². The number of rotatable bonds is 2. The van der Waals surface area contributed by atoms with E-state index in [9.17, 15) is 0 Å². The SMILES string of the molecule is C(#Cc1ccsc1)C1=[N+](Cc2ccccc2)CCCC1. The molecular formula is C18H18NS+. The summed E-state index contributed by atoms with van der Waals surface area (Å²) in [6, 6.07) is 12.8. The molecule has 2 heterocycles. The van der Waals surface area contributed by atoms with Crippen LogP contribution in [-0.4, -0.2) is 16.8 Å². The van der Waals surface area contributed by atoms with Crippen molar-refractivity contribution in [3.8, 4) is 11.8 Å². The summed E-state index contributed by atoms with van der Waals surface area (Å²) in [4.78, 5) is 0. The maximum Gasteiger partial charge on any atom is 0.227 e. The molecule has 1 aliphatic heterocycles. The van der Waals surface area contributed by atoms with E-state index in [0.717, 1.165) is 25.1 Å². The molecule has 1 aromatic carbocycles. The normalized spacial score (nSPS) is 14.8. The molecule has 1 nitrogen and oxygen atoms in total. The fraction of sp³-hybridized carbons (Fsp3) is 0.278. The lowest BCUT2D eigenvalue weighted by molar-refractivity contribution is -0.547. The lowest BCUT2D eigenvalue weighted by atomic mass is 10.1. The zero-order valence-corrected chi connectivity index (χ0v) is 12.3.